The van der Waals surface area contributed by atoms with Crippen LogP contribution in [0.4, 0.5) is 0 Å². The molecule has 0 fully saturated rings. The van der Waals surface area contributed by atoms with Crippen LogP contribution in [-0.2, 0) is 54.5 Å². The van der Waals surface area contributed by atoms with Gasteiger partial charge in [-0.2, -0.15) is 0 Å². The Hall–Kier alpha value is 2.20. The van der Waals surface area contributed by atoms with Crippen LogP contribution in [-0.4, -0.2) is 0 Å². The average Bonchev–Trinajstić information content (AvgIpc) is 1.00. The van der Waals surface area contributed by atoms with Gasteiger partial charge in [-0.3, -0.25) is 0 Å². The van der Waals surface area contributed by atoms with Gasteiger partial charge in [0.1, 0.15) is 0 Å². The molecule has 29 valence electrons. The minimum Gasteiger partial charge on any atom is 0 e. The van der Waals surface area contributed by atoms with Gasteiger partial charge >= 0.3 is 23.5 Å². The molecule has 4 heteroatoms. The number of hydrogen-bond acceptors (Lipinski definition) is 0. The summed E-state index contributed by atoms with van der Waals surface area (Å²) in [4.78, 5) is 0. The summed E-state index contributed by atoms with van der Waals surface area (Å²) in [6.45, 7) is 0. The fraction of sp³-hybridized carbons (Fsp3) is 0. The second kappa shape index (κ2) is 19.0. The first-order valence-corrected chi connectivity index (χ1v) is 2.70. The van der Waals surface area contributed by atoms with Crippen molar-refractivity contribution in [2.24, 2.45) is 0 Å². The third kappa shape index (κ3) is 8.89. The molecule has 0 aliphatic heterocycles. The summed E-state index contributed by atoms with van der Waals surface area (Å²) in [5.41, 5.74) is 0. The first-order valence-electron chi connectivity index (χ1n) is 0.218. The maximum atomic E-state index is 2.85. The van der Waals surface area contributed by atoms with E-state index in [0.29, 0.717) is 0 Å². The monoisotopic (exact) mass is 245 g/mol. The summed E-state index contributed by atoms with van der Waals surface area (Å²) < 4.78 is 0. The van der Waals surface area contributed by atoms with Crippen LogP contribution in [0.2, 0.25) is 0 Å². The maximum absolute atomic E-state index is 2.85. The van der Waals surface area contributed by atoms with E-state index in [1.807, 2.05) is 0 Å². The van der Waals surface area contributed by atoms with Gasteiger partial charge in [0.2, 0.25) is 0 Å². The maximum Gasteiger partial charge on any atom is 0 e. The van der Waals surface area contributed by atoms with E-state index in [4.69, 9.17) is 0 Å². The molecule has 0 bridgehead atoms. The summed E-state index contributed by atoms with van der Waals surface area (Å²) >= 11 is 2.85. The van der Waals surface area contributed by atoms with E-state index in [0.717, 1.165) is 0 Å². The van der Waals surface area contributed by atoms with Crippen LogP contribution >= 0.6 is 7.93 Å². The van der Waals surface area contributed by atoms with E-state index in [-0.39, 0.29) is 39.0 Å². The average molecular weight is 245 g/mol. The molecule has 0 aromatic heterocycles. The molecular weight excluding hydrogens is 243 g/mol. The van der Waals surface area contributed by atoms with Gasteiger partial charge in [-0.25, -0.2) is 0 Å². The van der Waals surface area contributed by atoms with Crippen LogP contribution in [0.5, 0.6) is 0 Å². The topological polar surface area (TPSA) is 0 Å². The molecule has 0 aliphatic rings. The zero-order chi connectivity index (χ0) is 2.00. The van der Waals surface area contributed by atoms with Crippen LogP contribution < -0.4 is 0 Å². The van der Waals surface area contributed by atoms with Crippen molar-refractivity contribution in [1.82, 2.24) is 0 Å². The van der Waals surface area contributed by atoms with Gasteiger partial charge in [0.25, 0.3) is 0 Å². The predicted molar refractivity (Wildman–Crippen MR) is 9.71 cm³/mol. The summed E-state index contributed by atoms with van der Waals surface area (Å²) in [7, 11) is 2.23. The molecule has 0 N–H and O–H groups in total. The zero-order valence-corrected chi connectivity index (χ0v) is 7.01. The molecule has 0 aliphatic carbocycles. The minimum absolute atomic E-state index is 0. The molecule has 0 heterocycles. The summed E-state index contributed by atoms with van der Waals surface area (Å²) in [5.74, 6) is 0. The summed E-state index contributed by atoms with van der Waals surface area (Å²) in [5, 5.41) is 0. The molecule has 0 rings (SSSR count). The summed E-state index contributed by atoms with van der Waals surface area (Å²) in [6.07, 6.45) is 0. The van der Waals surface area contributed by atoms with E-state index in [1.54, 1.807) is 0 Å². The molecule has 0 saturated carbocycles. The van der Waals surface area contributed by atoms with Crippen molar-refractivity contribution >= 4 is 7.93 Å². The fourth-order valence-corrected chi connectivity index (χ4v) is 0. The molecule has 0 amide bonds. The molecule has 0 saturated heterocycles. The van der Waals surface area contributed by atoms with Crippen molar-refractivity contribution in [3.8, 4) is 0 Å². The predicted octanol–water partition coefficient (Wildman–Crippen LogP) is 0.318. The minimum atomic E-state index is 0. The van der Waals surface area contributed by atoms with Gasteiger partial charge in [0.15, 0.2) is 0 Å². The van der Waals surface area contributed by atoms with Crippen molar-refractivity contribution in [2.75, 3.05) is 0 Å². The molecule has 1 radical (unpaired) electrons. The van der Waals surface area contributed by atoms with Crippen molar-refractivity contribution in [2.45, 2.75) is 0 Å². The van der Waals surface area contributed by atoms with Gasteiger partial charge in [-0.05, 0) is 0 Å². The molecule has 0 aromatic carbocycles. The molecule has 0 spiro atoms. The molecule has 4 heavy (non-hydrogen) atoms. The summed E-state index contributed by atoms with van der Waals surface area (Å²) in [6, 6.07) is 0. The van der Waals surface area contributed by atoms with Crippen molar-refractivity contribution < 1.29 is 54.5 Å². The molecule has 0 aromatic rings. The van der Waals surface area contributed by atoms with Crippen molar-refractivity contribution in [3.63, 3.8) is 0 Å². The second-order valence-electron chi connectivity index (χ2n) is 0. The van der Waals surface area contributed by atoms with Gasteiger partial charge in [0.05, 0.1) is 0 Å². The SMILES string of the molecule is [PH2][Mn].[Pd].[V]. The van der Waals surface area contributed by atoms with Crippen molar-refractivity contribution in [3.05, 3.63) is 0 Å². The van der Waals surface area contributed by atoms with Crippen LogP contribution in [0.1, 0.15) is 0 Å². The molecular formula is H2MnPPdV. The Balaban J connectivity index is -0.00000000500. The molecule has 1 unspecified atom stereocenters. The first-order chi connectivity index (χ1) is 1.00. The standard InChI is InChI=1S/Mn.H2P.Pd.V/h;1H2;;/q+1;-1;;. The van der Waals surface area contributed by atoms with Gasteiger partial charge < -0.3 is 0 Å². The Morgan fingerprint density at radius 2 is 1.25 bits per heavy atom. The van der Waals surface area contributed by atoms with Crippen LogP contribution in [0, 0.1) is 0 Å². The van der Waals surface area contributed by atoms with E-state index < -0.39 is 0 Å². The van der Waals surface area contributed by atoms with Crippen molar-refractivity contribution in [1.29, 1.82) is 0 Å². The Morgan fingerprint density at radius 3 is 1.25 bits per heavy atom. The Kier molecular flexibility index (Phi) is 77.7. The number of rotatable bonds is 0. The smallest absolute Gasteiger partial charge is 0 e. The van der Waals surface area contributed by atoms with E-state index in [2.05, 4.69) is 23.5 Å². The third-order valence-electron chi connectivity index (χ3n) is 0. The van der Waals surface area contributed by atoms with Gasteiger partial charge in [0, 0.05) is 39.0 Å². The quantitative estimate of drug-likeness (QED) is 0.426. The Labute approximate surface area is 62.0 Å². The van der Waals surface area contributed by atoms with Gasteiger partial charge in [-0.1, -0.05) is 0 Å². The first kappa shape index (κ1) is 16.4. The normalized spacial score (nSPS) is 1.50. The molecule has 1 atom stereocenters. The van der Waals surface area contributed by atoms with Crippen LogP contribution in [0.3, 0.4) is 0 Å². The fourth-order valence-electron chi connectivity index (χ4n) is 0. The number of hydrogen-bond donors (Lipinski definition) is 0. The largest absolute Gasteiger partial charge is 0 e. The van der Waals surface area contributed by atoms with Gasteiger partial charge in [-0.15, -0.1) is 0 Å². The van der Waals surface area contributed by atoms with Crippen LogP contribution in [0.15, 0.2) is 0 Å². The second-order valence-corrected chi connectivity index (χ2v) is 0. The van der Waals surface area contributed by atoms with E-state index in [1.165, 1.54) is 0 Å². The van der Waals surface area contributed by atoms with E-state index in [9.17, 15) is 0 Å². The Bertz CT molecular complexity index is 8.00. The zero-order valence-electron chi connectivity index (χ0n) is 1.72. The van der Waals surface area contributed by atoms with Crippen LogP contribution in [0.25, 0.3) is 0 Å². The molecule has 0 nitrogen and oxygen atoms in total. The van der Waals surface area contributed by atoms with E-state index >= 15 is 0 Å². The third-order valence-corrected chi connectivity index (χ3v) is 0. The Morgan fingerprint density at radius 1 is 1.25 bits per heavy atom.